The summed E-state index contributed by atoms with van der Waals surface area (Å²) in [6.07, 6.45) is 2.34. The van der Waals surface area contributed by atoms with E-state index in [0.717, 1.165) is 18.2 Å². The van der Waals surface area contributed by atoms with E-state index in [9.17, 15) is 18.0 Å². The van der Waals surface area contributed by atoms with Gasteiger partial charge in [-0.3, -0.25) is 13.9 Å². The van der Waals surface area contributed by atoms with E-state index in [1.165, 1.54) is 16.3 Å². The van der Waals surface area contributed by atoms with Crippen LogP contribution in [0, 0.1) is 0 Å². The molecule has 1 N–H and O–H groups in total. The molecule has 0 aromatic heterocycles. The van der Waals surface area contributed by atoms with Crippen LogP contribution < -0.4 is 9.62 Å². The van der Waals surface area contributed by atoms with Crippen LogP contribution in [0.1, 0.15) is 37.8 Å². The lowest BCUT2D eigenvalue weighted by molar-refractivity contribution is -0.140. The molecule has 2 amide bonds. The van der Waals surface area contributed by atoms with E-state index < -0.39 is 16.1 Å². The van der Waals surface area contributed by atoms with Gasteiger partial charge >= 0.3 is 0 Å². The molecular weight excluding hydrogens is 497 g/mol. The minimum absolute atomic E-state index is 0.0611. The Hall–Kier alpha value is -2.29. The maximum absolute atomic E-state index is 13.1. The van der Waals surface area contributed by atoms with Gasteiger partial charge in [-0.1, -0.05) is 48.3 Å². The number of aryl methyl sites for hydroxylation is 1. The molecule has 0 unspecified atom stereocenters. The third kappa shape index (κ3) is 7.61. The van der Waals surface area contributed by atoms with Crippen molar-refractivity contribution in [1.29, 1.82) is 0 Å². The van der Waals surface area contributed by atoms with Crippen LogP contribution >= 0.6 is 23.2 Å². The van der Waals surface area contributed by atoms with Crippen molar-refractivity contribution in [2.24, 2.45) is 0 Å². The number of halogens is 2. The molecule has 2 aromatic carbocycles. The standard InChI is InChI=1S/C24H31Cl2N3O4S/c1-5-18-8-12-21(13-9-18)29(34(4,32)33)14-6-7-23(30)28(17(2)24(31)27-3)16-19-10-11-20(25)15-22(19)26/h8-13,15,17H,5-7,14,16H2,1-4H3,(H,27,31)/t17-/m0/s1. The number of carbonyl (C=O) groups excluding carboxylic acids is 2. The van der Waals surface area contributed by atoms with Gasteiger partial charge in [0.15, 0.2) is 0 Å². The molecule has 0 bridgehead atoms. The Morgan fingerprint density at radius 1 is 1.09 bits per heavy atom. The zero-order valence-electron chi connectivity index (χ0n) is 19.8. The minimum Gasteiger partial charge on any atom is -0.357 e. The van der Waals surface area contributed by atoms with Gasteiger partial charge in [0.2, 0.25) is 21.8 Å². The van der Waals surface area contributed by atoms with Crippen molar-refractivity contribution in [1.82, 2.24) is 10.2 Å². The van der Waals surface area contributed by atoms with Crippen LogP contribution in [-0.4, -0.2) is 51.0 Å². The summed E-state index contributed by atoms with van der Waals surface area (Å²) in [4.78, 5) is 26.9. The quantitative estimate of drug-likeness (QED) is 0.472. The van der Waals surface area contributed by atoms with E-state index in [0.29, 0.717) is 21.3 Å². The lowest BCUT2D eigenvalue weighted by atomic mass is 10.1. The number of anilines is 1. The molecule has 0 saturated carbocycles. The highest BCUT2D eigenvalue weighted by Gasteiger charge is 2.26. The first kappa shape index (κ1) is 28.0. The lowest BCUT2D eigenvalue weighted by Crippen LogP contribution is -2.46. The fraction of sp³-hybridized carbons (Fsp3) is 0.417. The Balaban J connectivity index is 2.16. The van der Waals surface area contributed by atoms with Crippen molar-refractivity contribution in [3.8, 4) is 0 Å². The van der Waals surface area contributed by atoms with E-state index >= 15 is 0 Å². The van der Waals surface area contributed by atoms with Crippen LogP contribution in [0.25, 0.3) is 0 Å². The van der Waals surface area contributed by atoms with Crippen LogP contribution in [0.2, 0.25) is 10.0 Å². The summed E-state index contributed by atoms with van der Waals surface area (Å²) in [5.41, 5.74) is 2.31. The molecule has 186 valence electrons. The maximum atomic E-state index is 13.1. The molecule has 0 saturated heterocycles. The number of amides is 2. The van der Waals surface area contributed by atoms with Crippen LogP contribution in [0.4, 0.5) is 5.69 Å². The Bertz CT molecular complexity index is 1110. The number of hydrogen-bond acceptors (Lipinski definition) is 4. The molecule has 1 atom stereocenters. The third-order valence-electron chi connectivity index (χ3n) is 5.55. The molecule has 0 aliphatic rings. The van der Waals surface area contributed by atoms with Crippen molar-refractivity contribution < 1.29 is 18.0 Å². The van der Waals surface area contributed by atoms with Gasteiger partial charge in [-0.25, -0.2) is 8.42 Å². The van der Waals surface area contributed by atoms with E-state index in [2.05, 4.69) is 5.32 Å². The summed E-state index contributed by atoms with van der Waals surface area (Å²) < 4.78 is 26.1. The number of sulfonamides is 1. The fourth-order valence-electron chi connectivity index (χ4n) is 3.53. The second-order valence-corrected chi connectivity index (χ2v) is 10.8. The summed E-state index contributed by atoms with van der Waals surface area (Å²) in [7, 11) is -2.03. The van der Waals surface area contributed by atoms with Gasteiger partial charge < -0.3 is 10.2 Å². The second-order valence-electron chi connectivity index (χ2n) is 8.01. The van der Waals surface area contributed by atoms with E-state index in [-0.39, 0.29) is 37.7 Å². The molecule has 34 heavy (non-hydrogen) atoms. The van der Waals surface area contributed by atoms with Gasteiger partial charge in [-0.2, -0.15) is 0 Å². The molecule has 2 aromatic rings. The number of nitrogens with one attached hydrogen (secondary N) is 1. The van der Waals surface area contributed by atoms with Gasteiger partial charge in [0.1, 0.15) is 6.04 Å². The lowest BCUT2D eigenvalue weighted by Gasteiger charge is -2.29. The van der Waals surface area contributed by atoms with Crippen LogP contribution in [0.15, 0.2) is 42.5 Å². The highest BCUT2D eigenvalue weighted by atomic mass is 35.5. The number of benzene rings is 2. The van der Waals surface area contributed by atoms with Gasteiger partial charge in [0, 0.05) is 36.6 Å². The third-order valence-corrected chi connectivity index (χ3v) is 7.34. The molecule has 2 rings (SSSR count). The highest BCUT2D eigenvalue weighted by molar-refractivity contribution is 7.92. The fourth-order valence-corrected chi connectivity index (χ4v) is 4.96. The Kier molecular flexibility index (Phi) is 10.2. The average molecular weight is 529 g/mol. The van der Waals surface area contributed by atoms with Crippen LogP contribution in [0.3, 0.4) is 0 Å². The monoisotopic (exact) mass is 527 g/mol. The number of likely N-dealkylation sites (N-methyl/N-ethyl adjacent to an activating group) is 1. The Morgan fingerprint density at radius 2 is 1.74 bits per heavy atom. The van der Waals surface area contributed by atoms with E-state index in [1.54, 1.807) is 37.3 Å². The van der Waals surface area contributed by atoms with E-state index in [4.69, 9.17) is 23.2 Å². The Morgan fingerprint density at radius 3 is 2.26 bits per heavy atom. The van der Waals surface area contributed by atoms with Crippen LogP contribution in [-0.2, 0) is 32.6 Å². The maximum Gasteiger partial charge on any atom is 0.242 e. The summed E-state index contributed by atoms with van der Waals surface area (Å²) in [6, 6.07) is 11.5. The van der Waals surface area contributed by atoms with Crippen LogP contribution in [0.5, 0.6) is 0 Å². The molecule has 7 nitrogen and oxygen atoms in total. The summed E-state index contributed by atoms with van der Waals surface area (Å²) >= 11 is 12.3. The first-order valence-electron chi connectivity index (χ1n) is 11.0. The number of carbonyl (C=O) groups is 2. The molecule has 0 aliphatic carbocycles. The summed E-state index contributed by atoms with van der Waals surface area (Å²) in [6.45, 7) is 3.92. The second kappa shape index (κ2) is 12.4. The highest BCUT2D eigenvalue weighted by Crippen LogP contribution is 2.24. The number of rotatable bonds is 11. The van der Waals surface area contributed by atoms with Crippen molar-refractivity contribution >= 4 is 50.7 Å². The normalized spacial score (nSPS) is 12.2. The number of hydrogen-bond donors (Lipinski definition) is 1. The predicted molar refractivity (Wildman–Crippen MR) is 138 cm³/mol. The summed E-state index contributed by atoms with van der Waals surface area (Å²) in [5, 5.41) is 3.43. The van der Waals surface area contributed by atoms with Crippen molar-refractivity contribution in [2.45, 2.75) is 45.7 Å². The average Bonchev–Trinajstić information content (AvgIpc) is 2.79. The molecule has 0 heterocycles. The minimum atomic E-state index is -3.53. The van der Waals surface area contributed by atoms with Crippen molar-refractivity contribution in [3.05, 3.63) is 63.6 Å². The molecule has 0 aliphatic heterocycles. The summed E-state index contributed by atoms with van der Waals surface area (Å²) in [5.74, 6) is -0.593. The number of nitrogens with zero attached hydrogens (tertiary/aromatic N) is 2. The zero-order chi connectivity index (χ0) is 25.5. The topological polar surface area (TPSA) is 86.8 Å². The van der Waals surface area contributed by atoms with Gasteiger partial charge in [0.05, 0.1) is 11.9 Å². The molecule has 10 heteroatoms. The largest absolute Gasteiger partial charge is 0.357 e. The van der Waals surface area contributed by atoms with E-state index in [1.807, 2.05) is 19.1 Å². The van der Waals surface area contributed by atoms with Gasteiger partial charge in [-0.15, -0.1) is 0 Å². The van der Waals surface area contributed by atoms with Gasteiger partial charge in [0.25, 0.3) is 0 Å². The first-order valence-corrected chi connectivity index (χ1v) is 13.6. The SMILES string of the molecule is CCc1ccc(N(CCCC(=O)N(Cc2ccc(Cl)cc2Cl)[C@@H](C)C(=O)NC)S(C)(=O)=O)cc1. The first-order chi connectivity index (χ1) is 16.0. The van der Waals surface area contributed by atoms with Gasteiger partial charge in [-0.05, 0) is 55.2 Å². The molecule has 0 radical (unpaired) electrons. The van der Waals surface area contributed by atoms with Crippen molar-refractivity contribution in [2.75, 3.05) is 24.2 Å². The molecule has 0 spiro atoms. The molecule has 0 fully saturated rings. The molecular formula is C24H31Cl2N3O4S. The van der Waals surface area contributed by atoms with Crippen molar-refractivity contribution in [3.63, 3.8) is 0 Å². The zero-order valence-corrected chi connectivity index (χ0v) is 22.2. The predicted octanol–water partition coefficient (Wildman–Crippen LogP) is 4.27. The Labute approximate surface area is 212 Å². The smallest absolute Gasteiger partial charge is 0.242 e.